The molecule has 0 spiro atoms. The van der Waals surface area contributed by atoms with E-state index in [1.165, 1.54) is 17.2 Å². The van der Waals surface area contributed by atoms with Gasteiger partial charge in [0.1, 0.15) is 6.61 Å². The molecule has 3 rings (SSSR count). The van der Waals surface area contributed by atoms with Gasteiger partial charge in [-0.25, -0.2) is 4.98 Å². The molecule has 2 heterocycles. The number of nitrogens with zero attached hydrogens (tertiary/aromatic N) is 3. The molecular formula is C18H24FN3O4. The van der Waals surface area contributed by atoms with Gasteiger partial charge in [-0.05, 0) is 24.8 Å². The Kier molecular flexibility index (Phi) is 5.83. The average Bonchev–Trinajstić information content (AvgIpc) is 3.03. The highest BCUT2D eigenvalue weighted by atomic mass is 19.1. The molecule has 2 fully saturated rings. The van der Waals surface area contributed by atoms with Crippen molar-refractivity contribution in [2.45, 2.75) is 25.0 Å². The number of pyridine rings is 1. The van der Waals surface area contributed by atoms with Crippen LogP contribution in [0.1, 0.15) is 23.2 Å². The number of ether oxygens (including phenoxy) is 2. The SMILES string of the molecule is CN(C)C(=O)COC[C@@H]1C[C@@H]2OCCN(C(=O)c3ccnc(F)c3)[C@@H]2C1. The molecule has 0 unspecified atom stereocenters. The number of morpholine rings is 1. The molecular weight excluding hydrogens is 341 g/mol. The fourth-order valence-electron chi connectivity index (χ4n) is 3.58. The molecule has 1 saturated heterocycles. The Morgan fingerprint density at radius 2 is 2.23 bits per heavy atom. The lowest BCUT2D eigenvalue weighted by molar-refractivity contribution is -0.134. The van der Waals surface area contributed by atoms with Crippen LogP contribution in [0.5, 0.6) is 0 Å². The Hall–Kier alpha value is -2.06. The van der Waals surface area contributed by atoms with Crippen LogP contribution in [-0.4, -0.2) is 79.2 Å². The molecule has 0 radical (unpaired) electrons. The van der Waals surface area contributed by atoms with Gasteiger partial charge in [-0.15, -0.1) is 0 Å². The van der Waals surface area contributed by atoms with E-state index in [2.05, 4.69) is 4.98 Å². The molecule has 0 bridgehead atoms. The number of aromatic nitrogens is 1. The maximum absolute atomic E-state index is 13.3. The molecule has 1 aliphatic carbocycles. The number of carbonyl (C=O) groups excluding carboxylic acids is 2. The fourth-order valence-corrected chi connectivity index (χ4v) is 3.58. The second-order valence-corrected chi connectivity index (χ2v) is 6.98. The van der Waals surface area contributed by atoms with Gasteiger partial charge in [-0.1, -0.05) is 0 Å². The van der Waals surface area contributed by atoms with Crippen molar-refractivity contribution >= 4 is 11.8 Å². The fraction of sp³-hybridized carbons (Fsp3) is 0.611. The van der Waals surface area contributed by atoms with Crippen molar-refractivity contribution in [2.24, 2.45) is 5.92 Å². The van der Waals surface area contributed by atoms with Gasteiger partial charge in [-0.2, -0.15) is 4.39 Å². The minimum atomic E-state index is -0.663. The van der Waals surface area contributed by atoms with Gasteiger partial charge in [0, 0.05) is 38.5 Å². The molecule has 0 N–H and O–H groups in total. The van der Waals surface area contributed by atoms with Gasteiger partial charge in [0.15, 0.2) is 0 Å². The smallest absolute Gasteiger partial charge is 0.254 e. The third-order valence-electron chi connectivity index (χ3n) is 4.95. The number of amides is 2. The van der Waals surface area contributed by atoms with Crippen LogP contribution >= 0.6 is 0 Å². The maximum atomic E-state index is 13.3. The highest BCUT2D eigenvalue weighted by molar-refractivity contribution is 5.94. The lowest BCUT2D eigenvalue weighted by atomic mass is 10.1. The van der Waals surface area contributed by atoms with Crippen molar-refractivity contribution in [3.8, 4) is 0 Å². The predicted octanol–water partition coefficient (Wildman–Crippen LogP) is 0.945. The first-order chi connectivity index (χ1) is 12.5. The molecule has 26 heavy (non-hydrogen) atoms. The van der Waals surface area contributed by atoms with E-state index in [0.29, 0.717) is 25.3 Å². The number of likely N-dealkylation sites (N-methyl/N-ethyl adjacent to an activating group) is 1. The normalized spacial score (nSPS) is 25.0. The topological polar surface area (TPSA) is 72.0 Å². The van der Waals surface area contributed by atoms with Gasteiger partial charge in [0.05, 0.1) is 25.4 Å². The van der Waals surface area contributed by atoms with E-state index in [-0.39, 0.29) is 36.5 Å². The highest BCUT2D eigenvalue weighted by Gasteiger charge is 2.43. The van der Waals surface area contributed by atoms with Gasteiger partial charge in [-0.3, -0.25) is 9.59 Å². The van der Waals surface area contributed by atoms with E-state index in [1.54, 1.807) is 19.0 Å². The largest absolute Gasteiger partial charge is 0.374 e. The van der Waals surface area contributed by atoms with E-state index in [9.17, 15) is 14.0 Å². The Bertz CT molecular complexity index is 670. The second kappa shape index (κ2) is 8.09. The van der Waals surface area contributed by atoms with E-state index >= 15 is 0 Å². The minimum Gasteiger partial charge on any atom is -0.374 e. The summed E-state index contributed by atoms with van der Waals surface area (Å²) < 4.78 is 24.7. The maximum Gasteiger partial charge on any atom is 0.254 e. The zero-order chi connectivity index (χ0) is 18.7. The van der Waals surface area contributed by atoms with E-state index in [0.717, 1.165) is 18.9 Å². The summed E-state index contributed by atoms with van der Waals surface area (Å²) in [5.41, 5.74) is 0.300. The summed E-state index contributed by atoms with van der Waals surface area (Å²) in [7, 11) is 3.38. The summed E-state index contributed by atoms with van der Waals surface area (Å²) in [6.07, 6.45) is 2.79. The first-order valence-corrected chi connectivity index (χ1v) is 8.77. The monoisotopic (exact) mass is 365 g/mol. The summed E-state index contributed by atoms with van der Waals surface area (Å²) >= 11 is 0. The molecule has 0 aromatic carbocycles. The Morgan fingerprint density at radius 1 is 1.42 bits per heavy atom. The van der Waals surface area contributed by atoms with Crippen LogP contribution in [0.15, 0.2) is 18.3 Å². The molecule has 7 nitrogen and oxygen atoms in total. The van der Waals surface area contributed by atoms with Crippen molar-refractivity contribution in [3.63, 3.8) is 0 Å². The molecule has 142 valence electrons. The molecule has 1 saturated carbocycles. The standard InChI is InChI=1S/C18H24FN3O4/c1-21(2)17(23)11-25-10-12-7-14-15(8-12)26-6-5-22(14)18(24)13-3-4-20-16(19)9-13/h3-4,9,12,14-15H,5-8,10-11H2,1-2H3/t12-,14+,15-/m0/s1. The molecule has 1 aliphatic heterocycles. The first kappa shape index (κ1) is 18.7. The molecule has 1 aromatic rings. The minimum absolute atomic E-state index is 0.0439. The van der Waals surface area contributed by atoms with Gasteiger partial charge >= 0.3 is 0 Å². The number of fused-ring (bicyclic) bond motifs is 1. The van der Waals surface area contributed by atoms with Gasteiger partial charge in [0.2, 0.25) is 11.9 Å². The van der Waals surface area contributed by atoms with Crippen LogP contribution in [0.4, 0.5) is 4.39 Å². The summed E-state index contributed by atoms with van der Waals surface area (Å²) in [5, 5.41) is 0. The molecule has 8 heteroatoms. The quantitative estimate of drug-likeness (QED) is 0.727. The summed E-state index contributed by atoms with van der Waals surface area (Å²) in [6.45, 7) is 1.46. The van der Waals surface area contributed by atoms with Gasteiger partial charge in [0.25, 0.3) is 5.91 Å². The molecule has 2 aliphatic rings. The van der Waals surface area contributed by atoms with Crippen LogP contribution in [0.3, 0.4) is 0 Å². The van der Waals surface area contributed by atoms with Crippen LogP contribution in [0.2, 0.25) is 0 Å². The zero-order valence-electron chi connectivity index (χ0n) is 15.1. The Labute approximate surface area is 152 Å². The number of halogens is 1. The van der Waals surface area contributed by atoms with Crippen LogP contribution in [0.25, 0.3) is 0 Å². The van der Waals surface area contributed by atoms with Crippen molar-refractivity contribution in [1.29, 1.82) is 0 Å². The highest BCUT2D eigenvalue weighted by Crippen LogP contribution is 2.35. The third kappa shape index (κ3) is 4.19. The summed E-state index contributed by atoms with van der Waals surface area (Å²) in [5.74, 6) is -0.714. The van der Waals surface area contributed by atoms with Crippen LogP contribution < -0.4 is 0 Å². The number of carbonyl (C=O) groups is 2. The number of hydrogen-bond acceptors (Lipinski definition) is 5. The Balaban J connectivity index is 1.59. The predicted molar refractivity (Wildman–Crippen MR) is 91.0 cm³/mol. The lowest BCUT2D eigenvalue weighted by Crippen LogP contribution is -2.51. The molecule has 3 atom stereocenters. The first-order valence-electron chi connectivity index (χ1n) is 8.77. The van der Waals surface area contributed by atoms with Crippen LogP contribution in [0, 0.1) is 11.9 Å². The van der Waals surface area contributed by atoms with E-state index in [4.69, 9.17) is 9.47 Å². The summed E-state index contributed by atoms with van der Waals surface area (Å²) in [4.78, 5) is 31.1. The summed E-state index contributed by atoms with van der Waals surface area (Å²) in [6, 6.07) is 2.64. The van der Waals surface area contributed by atoms with Crippen molar-refractivity contribution < 1.29 is 23.5 Å². The van der Waals surface area contributed by atoms with Crippen molar-refractivity contribution in [2.75, 3.05) is 40.5 Å². The van der Waals surface area contributed by atoms with E-state index in [1.807, 2.05) is 0 Å². The van der Waals surface area contributed by atoms with Crippen LogP contribution in [-0.2, 0) is 14.3 Å². The number of rotatable bonds is 5. The molecule has 2 amide bonds. The Morgan fingerprint density at radius 3 is 2.96 bits per heavy atom. The van der Waals surface area contributed by atoms with Crippen molar-refractivity contribution in [1.82, 2.24) is 14.8 Å². The molecule has 1 aromatic heterocycles. The van der Waals surface area contributed by atoms with Gasteiger partial charge < -0.3 is 19.3 Å². The van der Waals surface area contributed by atoms with Crippen molar-refractivity contribution in [3.05, 3.63) is 29.8 Å². The zero-order valence-corrected chi connectivity index (χ0v) is 15.1. The average molecular weight is 365 g/mol. The van der Waals surface area contributed by atoms with E-state index < -0.39 is 5.95 Å². The third-order valence-corrected chi connectivity index (χ3v) is 4.95. The second-order valence-electron chi connectivity index (χ2n) is 6.98. The number of hydrogen-bond donors (Lipinski definition) is 0. The lowest BCUT2D eigenvalue weighted by Gasteiger charge is -2.37.